The molecule has 180 valence electrons. The van der Waals surface area contributed by atoms with Gasteiger partial charge in [-0.05, 0) is 60.7 Å². The second-order valence-electron chi connectivity index (χ2n) is 7.48. The van der Waals surface area contributed by atoms with Crippen LogP contribution >= 0.6 is 23.2 Å². The van der Waals surface area contributed by atoms with E-state index in [1.54, 1.807) is 6.92 Å². The number of aromatic carboxylic acids is 2. The SMILES string of the molecule is CCOC(=O)N1CCC(=C(c2cc(Cl)c(O)c(C(=O)O)c2)c2cc(Cl)c(O)c(C(=O)O)c2)CC1. The number of carboxylic acid groups (broad SMARTS) is 2. The lowest BCUT2D eigenvalue weighted by atomic mass is 9.87. The Labute approximate surface area is 204 Å². The van der Waals surface area contributed by atoms with Crippen LogP contribution in [0.15, 0.2) is 29.8 Å². The van der Waals surface area contributed by atoms with Gasteiger partial charge in [-0.15, -0.1) is 0 Å². The number of hydrogen-bond donors (Lipinski definition) is 4. The molecule has 4 N–H and O–H groups in total. The van der Waals surface area contributed by atoms with E-state index in [1.807, 2.05) is 0 Å². The number of halogens is 2. The van der Waals surface area contributed by atoms with E-state index in [-0.39, 0.29) is 16.7 Å². The van der Waals surface area contributed by atoms with Crippen LogP contribution in [0.4, 0.5) is 4.79 Å². The van der Waals surface area contributed by atoms with Gasteiger partial charge in [0, 0.05) is 13.1 Å². The van der Waals surface area contributed by atoms with Crippen molar-refractivity contribution in [2.24, 2.45) is 0 Å². The lowest BCUT2D eigenvalue weighted by molar-refractivity contribution is 0.0682. The minimum absolute atomic E-state index is 0.208. The molecule has 1 aliphatic rings. The fraction of sp³-hybridized carbons (Fsp3) is 0.261. The van der Waals surface area contributed by atoms with Crippen molar-refractivity contribution in [3.8, 4) is 11.5 Å². The third-order valence-corrected chi connectivity index (χ3v) is 5.99. The Balaban J connectivity index is 2.21. The van der Waals surface area contributed by atoms with Crippen LogP contribution in [0.25, 0.3) is 5.57 Å². The molecule has 0 bridgehead atoms. The molecule has 1 saturated heterocycles. The van der Waals surface area contributed by atoms with Gasteiger partial charge in [-0.25, -0.2) is 14.4 Å². The standard InChI is InChI=1S/C23H21Cl2NO8/c1-2-34-23(33)26-5-3-11(4-6-26)18(12-7-14(21(29)30)19(27)16(24)9-12)13-8-15(22(31)32)20(28)17(25)10-13/h7-10,27-28H,2-6H2,1H3,(H,29,30)(H,31,32). The quantitative estimate of drug-likeness (QED) is 0.447. The molecule has 0 unspecified atom stereocenters. The molecule has 11 heteroatoms. The second kappa shape index (κ2) is 10.2. The molecule has 0 aromatic heterocycles. The number of piperidine rings is 1. The average Bonchev–Trinajstić information content (AvgIpc) is 2.78. The summed E-state index contributed by atoms with van der Waals surface area (Å²) < 4.78 is 5.04. The fourth-order valence-electron chi connectivity index (χ4n) is 3.81. The van der Waals surface area contributed by atoms with Crippen molar-refractivity contribution in [2.45, 2.75) is 19.8 Å². The fourth-order valence-corrected chi connectivity index (χ4v) is 4.25. The van der Waals surface area contributed by atoms with Crippen molar-refractivity contribution in [1.29, 1.82) is 0 Å². The van der Waals surface area contributed by atoms with Crippen LogP contribution in [0.2, 0.25) is 10.0 Å². The number of aromatic hydroxyl groups is 2. The first-order chi connectivity index (χ1) is 16.0. The molecule has 34 heavy (non-hydrogen) atoms. The lowest BCUT2D eigenvalue weighted by Crippen LogP contribution is -2.37. The highest BCUT2D eigenvalue weighted by molar-refractivity contribution is 6.33. The van der Waals surface area contributed by atoms with Crippen LogP contribution in [-0.4, -0.2) is 63.1 Å². The van der Waals surface area contributed by atoms with Gasteiger partial charge >= 0.3 is 18.0 Å². The normalized spacial score (nSPS) is 13.5. The first-order valence-corrected chi connectivity index (χ1v) is 11.0. The summed E-state index contributed by atoms with van der Waals surface area (Å²) in [5.74, 6) is -4.01. The maximum atomic E-state index is 12.1. The Morgan fingerprint density at radius 2 is 1.32 bits per heavy atom. The number of amides is 1. The molecule has 0 radical (unpaired) electrons. The van der Waals surface area contributed by atoms with E-state index in [1.165, 1.54) is 29.2 Å². The Morgan fingerprint density at radius 3 is 1.71 bits per heavy atom. The Hall–Kier alpha value is -3.43. The van der Waals surface area contributed by atoms with E-state index in [2.05, 4.69) is 0 Å². The van der Waals surface area contributed by atoms with Crippen LogP contribution in [0, 0.1) is 0 Å². The summed E-state index contributed by atoms with van der Waals surface area (Å²) in [6.07, 6.45) is 0.288. The first-order valence-electron chi connectivity index (χ1n) is 10.2. The Bertz CT molecular complexity index is 1130. The number of rotatable bonds is 5. The zero-order valence-electron chi connectivity index (χ0n) is 18.0. The van der Waals surface area contributed by atoms with Gasteiger partial charge < -0.3 is 30.1 Å². The number of likely N-dealkylation sites (tertiary alicyclic amines) is 1. The molecule has 3 rings (SSSR count). The molecule has 2 aromatic carbocycles. The highest BCUT2D eigenvalue weighted by atomic mass is 35.5. The van der Waals surface area contributed by atoms with E-state index in [4.69, 9.17) is 27.9 Å². The molecular formula is C23H21Cl2NO8. The molecule has 1 fully saturated rings. The summed E-state index contributed by atoms with van der Waals surface area (Å²) in [5.41, 5.74) is 0.950. The zero-order chi connectivity index (χ0) is 25.2. The van der Waals surface area contributed by atoms with Crippen molar-refractivity contribution in [1.82, 2.24) is 4.90 Å². The van der Waals surface area contributed by atoms with Crippen molar-refractivity contribution in [3.05, 3.63) is 62.1 Å². The summed E-state index contributed by atoms with van der Waals surface area (Å²) >= 11 is 12.2. The molecule has 9 nitrogen and oxygen atoms in total. The second-order valence-corrected chi connectivity index (χ2v) is 8.30. The smallest absolute Gasteiger partial charge is 0.409 e. The number of nitrogens with zero attached hydrogens (tertiary/aromatic N) is 1. The minimum Gasteiger partial charge on any atom is -0.505 e. The Morgan fingerprint density at radius 1 is 0.882 bits per heavy atom. The van der Waals surface area contributed by atoms with Gasteiger partial charge in [0.05, 0.1) is 16.7 Å². The van der Waals surface area contributed by atoms with E-state index in [0.29, 0.717) is 42.6 Å². The number of carbonyl (C=O) groups excluding carboxylic acids is 1. The molecule has 0 spiro atoms. The highest BCUT2D eigenvalue weighted by Gasteiger charge is 2.26. The van der Waals surface area contributed by atoms with Crippen molar-refractivity contribution < 1.29 is 39.5 Å². The average molecular weight is 510 g/mol. The summed E-state index contributed by atoms with van der Waals surface area (Å²) in [5, 5.41) is 38.7. The van der Waals surface area contributed by atoms with E-state index >= 15 is 0 Å². The maximum Gasteiger partial charge on any atom is 0.409 e. The summed E-state index contributed by atoms with van der Waals surface area (Å²) in [6.45, 7) is 2.56. The van der Waals surface area contributed by atoms with Crippen LogP contribution in [-0.2, 0) is 4.74 Å². The number of carboxylic acids is 2. The van der Waals surface area contributed by atoms with E-state index in [0.717, 1.165) is 5.57 Å². The summed E-state index contributed by atoms with van der Waals surface area (Å²) in [6, 6.07) is 5.19. The van der Waals surface area contributed by atoms with Crippen LogP contribution in [0.5, 0.6) is 11.5 Å². The van der Waals surface area contributed by atoms with Gasteiger partial charge in [-0.2, -0.15) is 0 Å². The largest absolute Gasteiger partial charge is 0.505 e. The number of hydrogen-bond acceptors (Lipinski definition) is 6. The molecule has 0 saturated carbocycles. The number of ether oxygens (including phenoxy) is 1. The van der Waals surface area contributed by atoms with Gasteiger partial charge in [-0.1, -0.05) is 28.8 Å². The van der Waals surface area contributed by atoms with Gasteiger partial charge in [0.1, 0.15) is 22.6 Å². The third kappa shape index (κ3) is 5.05. The molecule has 1 aliphatic heterocycles. The third-order valence-electron chi connectivity index (χ3n) is 5.41. The van der Waals surface area contributed by atoms with Gasteiger partial charge in [0.15, 0.2) is 0 Å². The van der Waals surface area contributed by atoms with E-state index in [9.17, 15) is 34.8 Å². The predicted molar refractivity (Wildman–Crippen MR) is 124 cm³/mol. The van der Waals surface area contributed by atoms with Gasteiger partial charge in [-0.3, -0.25) is 0 Å². The minimum atomic E-state index is -1.40. The van der Waals surface area contributed by atoms with Crippen LogP contribution < -0.4 is 0 Å². The highest BCUT2D eigenvalue weighted by Crippen LogP contribution is 2.40. The van der Waals surface area contributed by atoms with E-state index < -0.39 is 40.7 Å². The molecule has 0 aliphatic carbocycles. The van der Waals surface area contributed by atoms with Gasteiger partial charge in [0.25, 0.3) is 0 Å². The Kier molecular flexibility index (Phi) is 7.58. The molecule has 0 atom stereocenters. The summed E-state index contributed by atoms with van der Waals surface area (Å²) in [7, 11) is 0. The maximum absolute atomic E-state index is 12.1. The first kappa shape index (κ1) is 25.2. The molecular weight excluding hydrogens is 489 g/mol. The zero-order valence-corrected chi connectivity index (χ0v) is 19.5. The molecule has 1 amide bonds. The van der Waals surface area contributed by atoms with Crippen molar-refractivity contribution in [3.63, 3.8) is 0 Å². The van der Waals surface area contributed by atoms with Crippen molar-refractivity contribution in [2.75, 3.05) is 19.7 Å². The monoisotopic (exact) mass is 509 g/mol. The summed E-state index contributed by atoms with van der Waals surface area (Å²) in [4.78, 5) is 36.9. The van der Waals surface area contributed by atoms with Crippen LogP contribution in [0.3, 0.4) is 0 Å². The number of phenols is 2. The topological polar surface area (TPSA) is 145 Å². The lowest BCUT2D eigenvalue weighted by Gasteiger charge is -2.29. The number of carbonyl (C=O) groups is 3. The van der Waals surface area contributed by atoms with Gasteiger partial charge in [0.2, 0.25) is 0 Å². The van der Waals surface area contributed by atoms with Crippen molar-refractivity contribution >= 4 is 46.8 Å². The predicted octanol–water partition coefficient (Wildman–Crippen LogP) is 4.86. The number of benzene rings is 2. The molecule has 1 heterocycles. The molecule has 2 aromatic rings. The van der Waals surface area contributed by atoms with Crippen LogP contribution in [0.1, 0.15) is 51.6 Å².